The number of hydrogen-bond acceptors (Lipinski definition) is 2. The Balaban J connectivity index is 2.69. The highest BCUT2D eigenvalue weighted by molar-refractivity contribution is 5.30. The molecule has 0 aliphatic rings. The molecular weight excluding hydrogens is 258 g/mol. The Kier molecular flexibility index (Phi) is 9.16. The first-order valence-electron chi connectivity index (χ1n) is 8.65. The topological polar surface area (TPSA) is 21.3 Å². The van der Waals surface area contributed by atoms with Crippen LogP contribution in [0.1, 0.15) is 70.9 Å². The Labute approximate surface area is 131 Å². The Morgan fingerprint density at radius 2 is 1.95 bits per heavy atom. The van der Waals surface area contributed by atoms with Crippen molar-refractivity contribution in [2.75, 3.05) is 13.7 Å². The predicted molar refractivity (Wildman–Crippen MR) is 92.0 cm³/mol. The van der Waals surface area contributed by atoms with Gasteiger partial charge in [-0.15, -0.1) is 0 Å². The number of hydrogen-bond donors (Lipinski definition) is 1. The third-order valence-electron chi connectivity index (χ3n) is 4.19. The molecule has 0 bridgehead atoms. The van der Waals surface area contributed by atoms with Crippen molar-refractivity contribution in [2.24, 2.45) is 5.92 Å². The van der Waals surface area contributed by atoms with Crippen molar-refractivity contribution in [3.8, 4) is 5.75 Å². The molecule has 2 unspecified atom stereocenters. The second-order valence-corrected chi connectivity index (χ2v) is 5.91. The van der Waals surface area contributed by atoms with Crippen LogP contribution in [0.5, 0.6) is 5.75 Å². The lowest BCUT2D eigenvalue weighted by Gasteiger charge is -2.23. The lowest BCUT2D eigenvalue weighted by Crippen LogP contribution is -2.20. The van der Waals surface area contributed by atoms with Crippen LogP contribution in [0.25, 0.3) is 0 Å². The number of benzene rings is 1. The monoisotopic (exact) mass is 291 g/mol. The van der Waals surface area contributed by atoms with E-state index in [0.29, 0.717) is 6.04 Å². The summed E-state index contributed by atoms with van der Waals surface area (Å²) in [7, 11) is 2.07. The van der Waals surface area contributed by atoms with Crippen LogP contribution in [-0.2, 0) is 0 Å². The van der Waals surface area contributed by atoms with Gasteiger partial charge in [-0.3, -0.25) is 0 Å². The van der Waals surface area contributed by atoms with E-state index in [0.717, 1.165) is 24.7 Å². The van der Waals surface area contributed by atoms with Crippen molar-refractivity contribution in [2.45, 2.75) is 65.3 Å². The van der Waals surface area contributed by atoms with Crippen molar-refractivity contribution >= 4 is 0 Å². The van der Waals surface area contributed by atoms with E-state index in [1.165, 1.54) is 37.7 Å². The minimum Gasteiger partial charge on any atom is -0.494 e. The molecule has 21 heavy (non-hydrogen) atoms. The molecule has 0 spiro atoms. The summed E-state index contributed by atoms with van der Waals surface area (Å²) in [5.74, 6) is 1.80. The van der Waals surface area contributed by atoms with Gasteiger partial charge in [0, 0.05) is 6.04 Å². The molecule has 1 aromatic rings. The fourth-order valence-corrected chi connectivity index (χ4v) is 2.78. The molecule has 2 atom stereocenters. The lowest BCUT2D eigenvalue weighted by atomic mass is 9.89. The second-order valence-electron chi connectivity index (χ2n) is 5.91. The number of unbranched alkanes of at least 4 members (excludes halogenated alkanes) is 1. The first kappa shape index (κ1) is 18.0. The largest absolute Gasteiger partial charge is 0.494 e. The van der Waals surface area contributed by atoms with E-state index in [2.05, 4.69) is 57.4 Å². The summed E-state index contributed by atoms with van der Waals surface area (Å²) in [6, 6.07) is 9.00. The molecule has 0 radical (unpaired) electrons. The Hall–Kier alpha value is -1.02. The summed E-state index contributed by atoms with van der Waals surface area (Å²) < 4.78 is 5.76. The molecule has 1 rings (SSSR count). The minimum atomic E-state index is 0.428. The molecule has 0 aliphatic carbocycles. The van der Waals surface area contributed by atoms with Crippen molar-refractivity contribution in [1.82, 2.24) is 5.32 Å². The van der Waals surface area contributed by atoms with Gasteiger partial charge >= 0.3 is 0 Å². The molecular formula is C19H33NO. The zero-order chi connectivity index (χ0) is 15.5. The standard InChI is InChI=1S/C19H33NO/c1-5-8-10-16(7-3)14-19(20-4)17-11-9-12-18(15-17)21-13-6-2/h9,11-12,15-16,19-20H,5-8,10,13-14H2,1-4H3. The van der Waals surface area contributed by atoms with Crippen molar-refractivity contribution in [1.29, 1.82) is 0 Å². The van der Waals surface area contributed by atoms with Crippen LogP contribution in [0.15, 0.2) is 24.3 Å². The van der Waals surface area contributed by atoms with E-state index >= 15 is 0 Å². The summed E-state index contributed by atoms with van der Waals surface area (Å²) in [5, 5.41) is 3.49. The van der Waals surface area contributed by atoms with E-state index in [4.69, 9.17) is 4.74 Å². The van der Waals surface area contributed by atoms with Gasteiger partial charge in [0.25, 0.3) is 0 Å². The smallest absolute Gasteiger partial charge is 0.119 e. The lowest BCUT2D eigenvalue weighted by molar-refractivity contribution is 0.315. The third kappa shape index (κ3) is 6.52. The second kappa shape index (κ2) is 10.7. The van der Waals surface area contributed by atoms with Crippen molar-refractivity contribution in [3.63, 3.8) is 0 Å². The highest BCUT2D eigenvalue weighted by Gasteiger charge is 2.16. The van der Waals surface area contributed by atoms with Gasteiger partial charge in [0.15, 0.2) is 0 Å². The van der Waals surface area contributed by atoms with E-state index in [-0.39, 0.29) is 0 Å². The fraction of sp³-hybridized carbons (Fsp3) is 0.684. The molecule has 0 fully saturated rings. The third-order valence-corrected chi connectivity index (χ3v) is 4.19. The fourth-order valence-electron chi connectivity index (χ4n) is 2.78. The van der Waals surface area contributed by atoms with Crippen LogP contribution in [0.4, 0.5) is 0 Å². The molecule has 1 aromatic carbocycles. The number of rotatable bonds is 11. The van der Waals surface area contributed by atoms with E-state index in [1.54, 1.807) is 0 Å². The van der Waals surface area contributed by atoms with Gasteiger partial charge in [-0.2, -0.15) is 0 Å². The van der Waals surface area contributed by atoms with Gasteiger partial charge in [-0.1, -0.05) is 58.6 Å². The van der Waals surface area contributed by atoms with Crippen LogP contribution in [-0.4, -0.2) is 13.7 Å². The molecule has 120 valence electrons. The number of nitrogens with one attached hydrogen (secondary N) is 1. The van der Waals surface area contributed by atoms with Crippen LogP contribution >= 0.6 is 0 Å². The molecule has 2 heteroatoms. The van der Waals surface area contributed by atoms with Crippen molar-refractivity contribution in [3.05, 3.63) is 29.8 Å². The summed E-state index contributed by atoms with van der Waals surface area (Å²) in [6.45, 7) is 7.52. The van der Waals surface area contributed by atoms with E-state index in [1.807, 2.05) is 0 Å². The van der Waals surface area contributed by atoms with Crippen molar-refractivity contribution < 1.29 is 4.74 Å². The molecule has 0 amide bonds. The maximum Gasteiger partial charge on any atom is 0.119 e. The first-order chi connectivity index (χ1) is 10.2. The summed E-state index contributed by atoms with van der Waals surface area (Å²) in [5.41, 5.74) is 1.35. The molecule has 0 saturated carbocycles. The number of ether oxygens (including phenoxy) is 1. The summed E-state index contributed by atoms with van der Waals surface area (Å²) in [4.78, 5) is 0. The van der Waals surface area contributed by atoms with Crippen LogP contribution in [0, 0.1) is 5.92 Å². The zero-order valence-electron chi connectivity index (χ0n) is 14.3. The SMILES string of the molecule is CCCCC(CC)CC(NC)c1cccc(OCCC)c1. The Morgan fingerprint density at radius 1 is 1.14 bits per heavy atom. The van der Waals surface area contributed by atoms with Gasteiger partial charge in [0.05, 0.1) is 6.61 Å². The van der Waals surface area contributed by atoms with Gasteiger partial charge in [-0.05, 0) is 43.5 Å². The summed E-state index contributed by atoms with van der Waals surface area (Å²) in [6.07, 6.45) is 7.51. The van der Waals surface area contributed by atoms with Crippen LogP contribution < -0.4 is 10.1 Å². The van der Waals surface area contributed by atoms with E-state index in [9.17, 15) is 0 Å². The maximum atomic E-state index is 5.76. The van der Waals surface area contributed by atoms with Gasteiger partial charge in [-0.25, -0.2) is 0 Å². The zero-order valence-corrected chi connectivity index (χ0v) is 14.3. The minimum absolute atomic E-state index is 0.428. The quantitative estimate of drug-likeness (QED) is 0.594. The van der Waals surface area contributed by atoms with Gasteiger partial charge < -0.3 is 10.1 Å². The van der Waals surface area contributed by atoms with Gasteiger partial charge in [0.2, 0.25) is 0 Å². The average Bonchev–Trinajstić information content (AvgIpc) is 2.53. The highest BCUT2D eigenvalue weighted by atomic mass is 16.5. The maximum absolute atomic E-state index is 5.76. The molecule has 1 N–H and O–H groups in total. The van der Waals surface area contributed by atoms with Crippen LogP contribution in [0.3, 0.4) is 0 Å². The predicted octanol–water partition coefficient (Wildman–Crippen LogP) is 5.34. The average molecular weight is 291 g/mol. The molecule has 2 nitrogen and oxygen atoms in total. The molecule has 0 aliphatic heterocycles. The molecule has 0 heterocycles. The summed E-state index contributed by atoms with van der Waals surface area (Å²) >= 11 is 0. The normalized spacial score (nSPS) is 13.9. The molecule has 0 saturated heterocycles. The van der Waals surface area contributed by atoms with Crippen LogP contribution in [0.2, 0.25) is 0 Å². The first-order valence-corrected chi connectivity index (χ1v) is 8.65. The van der Waals surface area contributed by atoms with E-state index < -0.39 is 0 Å². The Morgan fingerprint density at radius 3 is 2.57 bits per heavy atom. The highest BCUT2D eigenvalue weighted by Crippen LogP contribution is 2.28. The van der Waals surface area contributed by atoms with Gasteiger partial charge in [0.1, 0.15) is 5.75 Å². The Bertz CT molecular complexity index is 378. The molecule has 0 aromatic heterocycles.